The van der Waals surface area contributed by atoms with Crippen molar-refractivity contribution in [3.63, 3.8) is 0 Å². The van der Waals surface area contributed by atoms with Crippen LogP contribution in [0.2, 0.25) is 0 Å². The van der Waals surface area contributed by atoms with Crippen molar-refractivity contribution < 1.29 is 36.3 Å². The Morgan fingerprint density at radius 1 is 1.03 bits per heavy atom. The molecule has 3 aromatic rings. The number of benzene rings is 1. The normalized spacial score (nSPS) is 14.1. The number of hydrogen-bond donors (Lipinski definition) is 0. The van der Waals surface area contributed by atoms with Gasteiger partial charge in [0.25, 0.3) is 0 Å². The third kappa shape index (κ3) is 5.81. The van der Waals surface area contributed by atoms with Crippen molar-refractivity contribution in [3.05, 3.63) is 65.7 Å². The molecule has 1 aliphatic heterocycles. The van der Waals surface area contributed by atoms with E-state index >= 15 is 0 Å². The number of rotatable bonds is 7. The molecular formula is C24H22F4N4O4. The van der Waals surface area contributed by atoms with Crippen LogP contribution in [0.5, 0.6) is 0 Å². The van der Waals surface area contributed by atoms with Gasteiger partial charge in [0, 0.05) is 44.4 Å². The first-order valence-electron chi connectivity index (χ1n) is 11.1. The fourth-order valence-electron chi connectivity index (χ4n) is 3.72. The Labute approximate surface area is 203 Å². The average Bonchev–Trinajstić information content (AvgIpc) is 3.35. The van der Waals surface area contributed by atoms with Crippen molar-refractivity contribution in [3.8, 4) is 11.5 Å². The van der Waals surface area contributed by atoms with Crippen molar-refractivity contribution in [2.45, 2.75) is 12.6 Å². The van der Waals surface area contributed by atoms with Gasteiger partial charge in [-0.25, -0.2) is 19.2 Å². The molecule has 0 N–H and O–H groups in total. The number of oxazole rings is 1. The number of piperazine rings is 1. The molecule has 2 aromatic heterocycles. The van der Waals surface area contributed by atoms with Crippen molar-refractivity contribution in [2.24, 2.45) is 0 Å². The van der Waals surface area contributed by atoms with Gasteiger partial charge in [-0.2, -0.15) is 13.2 Å². The van der Waals surface area contributed by atoms with Gasteiger partial charge in [0.2, 0.25) is 11.7 Å². The molecule has 1 amide bonds. The van der Waals surface area contributed by atoms with E-state index in [-0.39, 0.29) is 18.9 Å². The summed E-state index contributed by atoms with van der Waals surface area (Å²) in [5.41, 5.74) is -0.0420. The van der Waals surface area contributed by atoms with Crippen LogP contribution in [0.1, 0.15) is 21.8 Å². The van der Waals surface area contributed by atoms with Gasteiger partial charge in [0.1, 0.15) is 19.1 Å². The lowest BCUT2D eigenvalue weighted by atomic mass is 10.1. The lowest BCUT2D eigenvalue weighted by Crippen LogP contribution is -2.49. The standard InChI is InChI=1S/C24H22F4N4O4/c25-8-13-35-23(34)32-11-9-31(10-12-32)19-7-6-16(15-29-19)14-18(33)20-21(24(26,27)28)36-22(30-20)17-4-2-1-3-5-17/h1-7,15H,8-14H2. The van der Waals surface area contributed by atoms with E-state index in [4.69, 9.17) is 9.15 Å². The van der Waals surface area contributed by atoms with Gasteiger partial charge in [0.15, 0.2) is 11.5 Å². The van der Waals surface area contributed by atoms with E-state index in [9.17, 15) is 27.2 Å². The van der Waals surface area contributed by atoms with E-state index in [0.29, 0.717) is 43.1 Å². The number of ketones is 1. The van der Waals surface area contributed by atoms with E-state index in [2.05, 4.69) is 9.97 Å². The molecule has 1 fully saturated rings. The summed E-state index contributed by atoms with van der Waals surface area (Å²) in [6, 6.07) is 11.3. The second-order valence-electron chi connectivity index (χ2n) is 7.96. The number of pyridine rings is 1. The second kappa shape index (κ2) is 10.8. The predicted molar refractivity (Wildman–Crippen MR) is 120 cm³/mol. The number of amides is 1. The van der Waals surface area contributed by atoms with Gasteiger partial charge < -0.3 is 19.0 Å². The number of halogens is 4. The molecule has 190 valence electrons. The molecule has 0 unspecified atom stereocenters. The van der Waals surface area contributed by atoms with Crippen molar-refractivity contribution in [1.82, 2.24) is 14.9 Å². The fourth-order valence-corrected chi connectivity index (χ4v) is 3.72. The number of Topliss-reactive ketones (excluding diaryl/α,β-unsaturated/α-hetero) is 1. The van der Waals surface area contributed by atoms with Crippen molar-refractivity contribution in [2.75, 3.05) is 44.4 Å². The van der Waals surface area contributed by atoms with Crippen molar-refractivity contribution in [1.29, 1.82) is 0 Å². The van der Waals surface area contributed by atoms with E-state index in [1.54, 1.807) is 30.3 Å². The highest BCUT2D eigenvalue weighted by atomic mass is 19.4. The summed E-state index contributed by atoms with van der Waals surface area (Å²) in [7, 11) is 0. The molecule has 1 aromatic carbocycles. The first-order valence-corrected chi connectivity index (χ1v) is 11.1. The number of nitrogens with zero attached hydrogens (tertiary/aromatic N) is 4. The lowest BCUT2D eigenvalue weighted by Gasteiger charge is -2.34. The van der Waals surface area contributed by atoms with Gasteiger partial charge in [0.05, 0.1) is 0 Å². The predicted octanol–water partition coefficient (Wildman–Crippen LogP) is 4.41. The van der Waals surface area contributed by atoms with Crippen LogP contribution >= 0.6 is 0 Å². The Balaban J connectivity index is 1.42. The summed E-state index contributed by atoms with van der Waals surface area (Å²) in [6.07, 6.45) is -4.38. The van der Waals surface area contributed by atoms with Crippen LogP contribution in [0.4, 0.5) is 28.2 Å². The average molecular weight is 506 g/mol. The molecule has 0 spiro atoms. The first kappa shape index (κ1) is 25.1. The Morgan fingerprint density at radius 2 is 1.75 bits per heavy atom. The molecule has 1 saturated heterocycles. The monoisotopic (exact) mass is 506 g/mol. The zero-order valence-corrected chi connectivity index (χ0v) is 19.0. The highest BCUT2D eigenvalue weighted by molar-refractivity contribution is 5.97. The van der Waals surface area contributed by atoms with Crippen LogP contribution in [-0.2, 0) is 17.3 Å². The van der Waals surface area contributed by atoms with E-state index < -0.39 is 36.2 Å². The Morgan fingerprint density at radius 3 is 2.36 bits per heavy atom. The van der Waals surface area contributed by atoms with Gasteiger partial charge in [-0.1, -0.05) is 24.3 Å². The Bertz CT molecular complexity index is 1190. The van der Waals surface area contributed by atoms with E-state index in [1.165, 1.54) is 23.2 Å². The fraction of sp³-hybridized carbons (Fsp3) is 0.333. The minimum Gasteiger partial charge on any atom is -0.447 e. The molecule has 1 aliphatic rings. The molecule has 3 heterocycles. The molecule has 36 heavy (non-hydrogen) atoms. The maximum Gasteiger partial charge on any atom is 0.452 e. The molecule has 4 rings (SSSR count). The number of alkyl halides is 4. The summed E-state index contributed by atoms with van der Waals surface area (Å²) < 4.78 is 62.4. The maximum absolute atomic E-state index is 13.5. The summed E-state index contributed by atoms with van der Waals surface area (Å²) in [6.45, 7) is 0.630. The van der Waals surface area contributed by atoms with Crippen LogP contribution in [-0.4, -0.2) is 66.2 Å². The zero-order chi connectivity index (χ0) is 25.7. The van der Waals surface area contributed by atoms with E-state index in [0.717, 1.165) is 0 Å². The number of anilines is 1. The summed E-state index contributed by atoms with van der Waals surface area (Å²) in [5.74, 6) is -1.97. The molecule has 8 nitrogen and oxygen atoms in total. The Hall–Kier alpha value is -3.96. The number of aromatic nitrogens is 2. The molecule has 12 heteroatoms. The third-order valence-corrected chi connectivity index (χ3v) is 5.51. The first-order chi connectivity index (χ1) is 17.3. The minimum absolute atomic E-state index is 0.285. The SMILES string of the molecule is O=C(Cc1ccc(N2CCN(C(=O)OCCF)CC2)nc1)c1nc(-c2ccccc2)oc1C(F)(F)F. The number of carbonyl (C=O) groups excluding carboxylic acids is 2. The minimum atomic E-state index is -4.88. The summed E-state index contributed by atoms with van der Waals surface area (Å²) in [4.78, 5) is 36.1. The number of carbonyl (C=O) groups is 2. The summed E-state index contributed by atoms with van der Waals surface area (Å²) in [5, 5.41) is 0. The highest BCUT2D eigenvalue weighted by Crippen LogP contribution is 2.35. The summed E-state index contributed by atoms with van der Waals surface area (Å²) >= 11 is 0. The molecular weight excluding hydrogens is 484 g/mol. The van der Waals surface area contributed by atoms with Crippen LogP contribution in [0, 0.1) is 0 Å². The van der Waals surface area contributed by atoms with Gasteiger partial charge >= 0.3 is 12.3 Å². The third-order valence-electron chi connectivity index (χ3n) is 5.51. The second-order valence-corrected chi connectivity index (χ2v) is 7.96. The molecule has 0 radical (unpaired) electrons. The molecule has 0 bridgehead atoms. The van der Waals surface area contributed by atoms with Crippen molar-refractivity contribution >= 4 is 17.7 Å². The van der Waals surface area contributed by atoms with E-state index in [1.807, 2.05) is 4.90 Å². The van der Waals surface area contributed by atoms with Crippen LogP contribution in [0.3, 0.4) is 0 Å². The Kier molecular flexibility index (Phi) is 7.51. The molecule has 0 atom stereocenters. The topological polar surface area (TPSA) is 88.8 Å². The largest absolute Gasteiger partial charge is 0.452 e. The molecule has 0 aliphatic carbocycles. The zero-order valence-electron chi connectivity index (χ0n) is 19.0. The maximum atomic E-state index is 13.5. The lowest BCUT2D eigenvalue weighted by molar-refractivity contribution is -0.153. The highest BCUT2D eigenvalue weighted by Gasteiger charge is 2.41. The quantitative estimate of drug-likeness (QED) is 0.347. The van der Waals surface area contributed by atoms with Crippen LogP contribution in [0.25, 0.3) is 11.5 Å². The van der Waals surface area contributed by atoms with Gasteiger partial charge in [-0.05, 0) is 23.8 Å². The molecule has 0 saturated carbocycles. The number of hydrogen-bond acceptors (Lipinski definition) is 7. The van der Waals surface area contributed by atoms with Crippen LogP contribution in [0.15, 0.2) is 53.1 Å². The van der Waals surface area contributed by atoms with Crippen LogP contribution < -0.4 is 4.90 Å². The van der Waals surface area contributed by atoms with Gasteiger partial charge in [-0.3, -0.25) is 4.79 Å². The number of ether oxygens (including phenoxy) is 1. The van der Waals surface area contributed by atoms with Gasteiger partial charge in [-0.15, -0.1) is 0 Å². The smallest absolute Gasteiger partial charge is 0.447 e.